The van der Waals surface area contributed by atoms with Crippen molar-refractivity contribution in [2.45, 2.75) is 6.92 Å². The van der Waals surface area contributed by atoms with Gasteiger partial charge in [0.15, 0.2) is 0 Å². The maximum Gasteiger partial charge on any atom is 0.336 e. The molecule has 0 fully saturated rings. The second-order valence-corrected chi connectivity index (χ2v) is 4.63. The molecule has 0 saturated carbocycles. The van der Waals surface area contributed by atoms with Crippen molar-refractivity contribution in [2.24, 2.45) is 5.10 Å². The predicted molar refractivity (Wildman–Crippen MR) is 80.8 cm³/mol. The van der Waals surface area contributed by atoms with Crippen LogP contribution >= 0.6 is 11.6 Å². The Labute approximate surface area is 121 Å². The van der Waals surface area contributed by atoms with Crippen molar-refractivity contribution in [2.75, 3.05) is 5.43 Å². The van der Waals surface area contributed by atoms with Gasteiger partial charge in [-0.15, -0.1) is 0 Å². The van der Waals surface area contributed by atoms with Gasteiger partial charge in [-0.1, -0.05) is 35.9 Å². The lowest BCUT2D eigenvalue weighted by Gasteiger charge is -2.03. The van der Waals surface area contributed by atoms with Crippen LogP contribution in [0.15, 0.2) is 47.6 Å². The normalized spacial score (nSPS) is 10.7. The van der Waals surface area contributed by atoms with E-state index in [9.17, 15) is 4.79 Å². The van der Waals surface area contributed by atoms with E-state index in [4.69, 9.17) is 16.7 Å². The highest BCUT2D eigenvalue weighted by atomic mass is 35.5. The molecule has 0 aliphatic carbocycles. The predicted octanol–water partition coefficient (Wildman–Crippen LogP) is 3.79. The van der Waals surface area contributed by atoms with Crippen molar-refractivity contribution >= 4 is 29.5 Å². The average molecular weight is 289 g/mol. The summed E-state index contributed by atoms with van der Waals surface area (Å²) >= 11 is 6.01. The molecule has 0 heterocycles. The molecule has 0 radical (unpaired) electrons. The molecule has 0 aliphatic rings. The van der Waals surface area contributed by atoms with E-state index in [0.29, 0.717) is 10.6 Å². The second-order valence-electron chi connectivity index (χ2n) is 4.23. The minimum Gasteiger partial charge on any atom is -0.478 e. The zero-order valence-electron chi connectivity index (χ0n) is 10.8. The van der Waals surface area contributed by atoms with Gasteiger partial charge >= 0.3 is 5.97 Å². The van der Waals surface area contributed by atoms with Crippen LogP contribution in [-0.2, 0) is 0 Å². The van der Waals surface area contributed by atoms with Crippen LogP contribution in [0.25, 0.3) is 0 Å². The Kier molecular flexibility index (Phi) is 4.38. The van der Waals surface area contributed by atoms with Crippen molar-refractivity contribution in [1.29, 1.82) is 0 Å². The number of aryl methyl sites for hydroxylation is 1. The molecule has 4 nitrogen and oxygen atoms in total. The maximum atomic E-state index is 11.0. The van der Waals surface area contributed by atoms with E-state index in [0.717, 1.165) is 11.3 Å². The topological polar surface area (TPSA) is 61.7 Å². The third-order valence-electron chi connectivity index (χ3n) is 2.76. The summed E-state index contributed by atoms with van der Waals surface area (Å²) in [5, 5.41) is 13.7. The van der Waals surface area contributed by atoms with Gasteiger partial charge < -0.3 is 5.11 Å². The van der Waals surface area contributed by atoms with E-state index in [1.54, 1.807) is 24.3 Å². The first-order valence-electron chi connectivity index (χ1n) is 5.95. The van der Waals surface area contributed by atoms with Gasteiger partial charge in [-0.3, -0.25) is 5.43 Å². The average Bonchev–Trinajstić information content (AvgIpc) is 2.43. The number of carboxylic acid groups (broad SMARTS) is 1. The molecule has 2 rings (SSSR count). The van der Waals surface area contributed by atoms with Crippen LogP contribution in [0.5, 0.6) is 0 Å². The fraction of sp³-hybridized carbons (Fsp3) is 0.0667. The summed E-state index contributed by atoms with van der Waals surface area (Å²) < 4.78 is 0. The molecule has 20 heavy (non-hydrogen) atoms. The molecule has 0 saturated heterocycles. The number of benzene rings is 2. The van der Waals surface area contributed by atoms with Gasteiger partial charge in [-0.25, -0.2) is 4.79 Å². The summed E-state index contributed by atoms with van der Waals surface area (Å²) in [4.78, 5) is 11.0. The largest absolute Gasteiger partial charge is 0.478 e. The molecule has 2 aromatic carbocycles. The van der Waals surface area contributed by atoms with E-state index < -0.39 is 5.97 Å². The molecule has 2 aromatic rings. The Hall–Kier alpha value is -2.33. The van der Waals surface area contributed by atoms with Gasteiger partial charge in [-0.2, -0.15) is 5.10 Å². The van der Waals surface area contributed by atoms with Gasteiger partial charge in [0.25, 0.3) is 0 Å². The van der Waals surface area contributed by atoms with E-state index in [-0.39, 0.29) is 5.56 Å². The lowest BCUT2D eigenvalue weighted by Crippen LogP contribution is -2.02. The van der Waals surface area contributed by atoms with E-state index >= 15 is 0 Å². The van der Waals surface area contributed by atoms with Gasteiger partial charge in [0.2, 0.25) is 0 Å². The first-order chi connectivity index (χ1) is 9.58. The Bertz CT molecular complexity index is 669. The van der Waals surface area contributed by atoms with E-state index in [1.807, 2.05) is 19.1 Å². The van der Waals surface area contributed by atoms with E-state index in [2.05, 4.69) is 10.5 Å². The fourth-order valence-corrected chi connectivity index (χ4v) is 1.82. The number of hydrazone groups is 1. The van der Waals surface area contributed by atoms with Gasteiger partial charge in [0, 0.05) is 10.6 Å². The summed E-state index contributed by atoms with van der Waals surface area (Å²) in [6.45, 7) is 1.92. The van der Waals surface area contributed by atoms with Crippen molar-refractivity contribution in [1.82, 2.24) is 0 Å². The van der Waals surface area contributed by atoms with Gasteiger partial charge in [0.05, 0.1) is 17.5 Å². The minimum absolute atomic E-state index is 0.208. The van der Waals surface area contributed by atoms with Gasteiger partial charge in [-0.05, 0) is 30.7 Å². The van der Waals surface area contributed by atoms with Crippen molar-refractivity contribution in [3.8, 4) is 0 Å². The van der Waals surface area contributed by atoms with Crippen LogP contribution in [0.3, 0.4) is 0 Å². The van der Waals surface area contributed by atoms with Crippen LogP contribution in [0, 0.1) is 6.92 Å². The number of rotatable bonds is 4. The number of nitrogens with one attached hydrogen (secondary N) is 1. The lowest BCUT2D eigenvalue weighted by atomic mass is 10.1. The molecule has 0 bridgehead atoms. The first-order valence-corrected chi connectivity index (χ1v) is 6.33. The standard InChI is InChI=1S/C15H13ClN2O2/c1-10-6-7-12(8-14(10)16)18-17-9-11-4-2-3-5-13(11)15(19)20/h2-9,18H,1H3,(H,19,20). The molecule has 0 aromatic heterocycles. The van der Waals surface area contributed by atoms with Crippen LogP contribution in [-0.4, -0.2) is 17.3 Å². The summed E-state index contributed by atoms with van der Waals surface area (Å²) in [5.41, 5.74) is 5.28. The lowest BCUT2D eigenvalue weighted by molar-refractivity contribution is 0.0697. The Balaban J connectivity index is 2.14. The Morgan fingerprint density at radius 1 is 1.30 bits per heavy atom. The van der Waals surface area contributed by atoms with Crippen LogP contribution in [0.1, 0.15) is 21.5 Å². The maximum absolute atomic E-state index is 11.0. The molecular formula is C15H13ClN2O2. The zero-order valence-corrected chi connectivity index (χ0v) is 11.6. The van der Waals surface area contributed by atoms with E-state index in [1.165, 1.54) is 12.3 Å². The second kappa shape index (κ2) is 6.21. The molecule has 2 N–H and O–H groups in total. The number of aromatic carboxylic acids is 1. The molecule has 0 atom stereocenters. The Morgan fingerprint density at radius 3 is 2.75 bits per heavy atom. The van der Waals surface area contributed by atoms with Gasteiger partial charge in [0.1, 0.15) is 0 Å². The quantitative estimate of drug-likeness (QED) is 0.664. The Morgan fingerprint density at radius 2 is 2.05 bits per heavy atom. The summed E-state index contributed by atoms with van der Waals surface area (Å²) in [5.74, 6) is -0.981. The number of anilines is 1. The van der Waals surface area contributed by atoms with Crippen molar-refractivity contribution < 1.29 is 9.90 Å². The molecule has 0 amide bonds. The number of hydrogen-bond acceptors (Lipinski definition) is 3. The first kappa shape index (κ1) is 14.1. The third-order valence-corrected chi connectivity index (χ3v) is 3.17. The van der Waals surface area contributed by atoms with Crippen LogP contribution in [0.2, 0.25) is 5.02 Å². The summed E-state index contributed by atoms with van der Waals surface area (Å²) in [7, 11) is 0. The molecule has 0 unspecified atom stereocenters. The summed E-state index contributed by atoms with van der Waals surface area (Å²) in [6.07, 6.45) is 1.47. The molecule has 0 aliphatic heterocycles. The summed E-state index contributed by atoms with van der Waals surface area (Å²) in [6, 6.07) is 12.2. The highest BCUT2D eigenvalue weighted by Crippen LogP contribution is 2.19. The fourth-order valence-electron chi connectivity index (χ4n) is 1.64. The van der Waals surface area contributed by atoms with Crippen LogP contribution < -0.4 is 5.43 Å². The number of nitrogens with zero attached hydrogens (tertiary/aromatic N) is 1. The molecular weight excluding hydrogens is 276 g/mol. The molecule has 102 valence electrons. The molecule has 5 heteroatoms. The zero-order chi connectivity index (χ0) is 14.5. The highest BCUT2D eigenvalue weighted by Gasteiger charge is 2.06. The monoisotopic (exact) mass is 288 g/mol. The highest BCUT2D eigenvalue weighted by molar-refractivity contribution is 6.31. The number of carbonyl (C=O) groups is 1. The van der Waals surface area contributed by atoms with Crippen LogP contribution in [0.4, 0.5) is 5.69 Å². The third kappa shape index (κ3) is 3.36. The van der Waals surface area contributed by atoms with Crippen molar-refractivity contribution in [3.63, 3.8) is 0 Å². The number of halogens is 1. The smallest absolute Gasteiger partial charge is 0.336 e. The SMILES string of the molecule is Cc1ccc(NN=Cc2ccccc2C(=O)O)cc1Cl. The number of carboxylic acids is 1. The molecule has 0 spiro atoms. The number of hydrogen-bond donors (Lipinski definition) is 2. The minimum atomic E-state index is -0.981. The van der Waals surface area contributed by atoms with Crippen molar-refractivity contribution in [3.05, 3.63) is 64.2 Å².